The maximum atomic E-state index is 12.4. The van der Waals surface area contributed by atoms with E-state index < -0.39 is 4.92 Å². The summed E-state index contributed by atoms with van der Waals surface area (Å²) in [5, 5.41) is 12.5. The van der Waals surface area contributed by atoms with Crippen molar-refractivity contribution in [2.75, 3.05) is 13.1 Å². The average molecular weight is 394 g/mol. The lowest BCUT2D eigenvalue weighted by atomic mass is 10.0. The highest BCUT2D eigenvalue weighted by Crippen LogP contribution is 2.29. The van der Waals surface area contributed by atoms with Crippen molar-refractivity contribution in [2.45, 2.75) is 25.4 Å². The Hall–Kier alpha value is -3.46. The van der Waals surface area contributed by atoms with Crippen LogP contribution in [0.25, 0.3) is 21.9 Å². The molecule has 5 heterocycles. The van der Waals surface area contributed by atoms with E-state index in [9.17, 15) is 14.9 Å². The molecule has 0 atom stereocenters. The number of furan rings is 1. The van der Waals surface area contributed by atoms with E-state index in [0.717, 1.165) is 42.5 Å². The zero-order chi connectivity index (χ0) is 20.0. The molecule has 0 saturated carbocycles. The van der Waals surface area contributed by atoms with Crippen LogP contribution in [0, 0.1) is 10.1 Å². The number of H-pyrrole nitrogens is 2. The van der Waals surface area contributed by atoms with Gasteiger partial charge in [0, 0.05) is 31.4 Å². The Bertz CT molecular complexity index is 1260. The van der Waals surface area contributed by atoms with Crippen LogP contribution in [0.2, 0.25) is 0 Å². The van der Waals surface area contributed by atoms with Gasteiger partial charge in [-0.3, -0.25) is 19.8 Å². The zero-order valence-corrected chi connectivity index (χ0v) is 15.6. The van der Waals surface area contributed by atoms with E-state index >= 15 is 0 Å². The Morgan fingerprint density at radius 3 is 2.79 bits per heavy atom. The number of aromatic nitrogens is 3. The highest BCUT2D eigenvalue weighted by atomic mass is 16.6. The molecular weight excluding hydrogens is 374 g/mol. The molecule has 0 aliphatic carbocycles. The van der Waals surface area contributed by atoms with Crippen LogP contribution >= 0.6 is 0 Å². The monoisotopic (exact) mass is 394 g/mol. The van der Waals surface area contributed by atoms with Gasteiger partial charge in [-0.05, 0) is 25.0 Å². The fourth-order valence-electron chi connectivity index (χ4n) is 4.25. The molecule has 0 bridgehead atoms. The first-order chi connectivity index (χ1) is 14.1. The van der Waals surface area contributed by atoms with Gasteiger partial charge in [0.2, 0.25) is 0 Å². The highest BCUT2D eigenvalue weighted by Gasteiger charge is 2.24. The predicted octanol–water partition coefficient (Wildman–Crippen LogP) is 2.64. The first-order valence-corrected chi connectivity index (χ1v) is 9.58. The lowest BCUT2D eigenvalue weighted by Crippen LogP contribution is -2.34. The van der Waals surface area contributed by atoms with Crippen molar-refractivity contribution >= 4 is 27.8 Å². The smallest absolute Gasteiger partial charge is 0.404 e. The molecule has 29 heavy (non-hydrogen) atoms. The van der Waals surface area contributed by atoms with Crippen LogP contribution in [-0.4, -0.2) is 32.5 Å². The minimum absolute atomic E-state index is 0.00690. The van der Waals surface area contributed by atoms with E-state index in [1.807, 2.05) is 18.5 Å². The Labute approximate surface area is 164 Å². The van der Waals surface area contributed by atoms with Crippen molar-refractivity contribution in [3.8, 4) is 0 Å². The number of pyridine rings is 2. The van der Waals surface area contributed by atoms with Crippen LogP contribution in [0.15, 0.2) is 52.1 Å². The molecular formula is C20H20N5O4+. The van der Waals surface area contributed by atoms with E-state index in [1.165, 1.54) is 6.07 Å². The van der Waals surface area contributed by atoms with Crippen LogP contribution in [0.3, 0.4) is 0 Å². The third-order valence-corrected chi connectivity index (χ3v) is 5.69. The number of nitrogens with one attached hydrogen (secondary N) is 2. The lowest BCUT2D eigenvalue weighted by molar-refractivity contribution is -0.402. The Morgan fingerprint density at radius 2 is 2.03 bits per heavy atom. The molecule has 1 saturated heterocycles. The normalized spacial score (nSPS) is 16.0. The third kappa shape index (κ3) is 3.09. The second kappa shape index (κ2) is 6.85. The third-order valence-electron chi connectivity index (χ3n) is 5.69. The van der Waals surface area contributed by atoms with Crippen LogP contribution in [0.5, 0.6) is 0 Å². The van der Waals surface area contributed by atoms with Gasteiger partial charge in [0.1, 0.15) is 16.9 Å². The number of piperidine rings is 1. The summed E-state index contributed by atoms with van der Waals surface area (Å²) >= 11 is 0. The van der Waals surface area contributed by atoms with Crippen LogP contribution in [0.1, 0.15) is 24.6 Å². The molecule has 148 valence electrons. The molecule has 0 unspecified atom stereocenters. The minimum atomic E-state index is -0.518. The molecule has 0 aromatic carbocycles. The molecule has 0 amide bonds. The van der Waals surface area contributed by atoms with Crippen molar-refractivity contribution in [3.05, 3.63) is 69.0 Å². The Balaban J connectivity index is 1.39. The minimum Gasteiger partial charge on any atom is -0.404 e. The molecule has 1 aliphatic rings. The average Bonchev–Trinajstić information content (AvgIpc) is 3.38. The Kier molecular flexibility index (Phi) is 4.17. The summed E-state index contributed by atoms with van der Waals surface area (Å²) in [4.78, 5) is 31.2. The summed E-state index contributed by atoms with van der Waals surface area (Å²) in [6.45, 7) is 2.26. The molecule has 1 aliphatic heterocycles. The molecule has 4 aromatic rings. The number of nitrogens with zero attached hydrogens (tertiary/aromatic N) is 3. The fourth-order valence-corrected chi connectivity index (χ4v) is 4.25. The number of hydrogen-bond donors (Lipinski definition) is 1. The van der Waals surface area contributed by atoms with Crippen LogP contribution in [0.4, 0.5) is 5.88 Å². The predicted molar refractivity (Wildman–Crippen MR) is 106 cm³/mol. The molecule has 2 N–H and O–H groups in total. The van der Waals surface area contributed by atoms with Gasteiger partial charge in [-0.1, -0.05) is 0 Å². The molecule has 4 aromatic heterocycles. The van der Waals surface area contributed by atoms with Gasteiger partial charge in [-0.2, -0.15) is 0 Å². The van der Waals surface area contributed by atoms with E-state index in [0.29, 0.717) is 17.7 Å². The molecule has 0 spiro atoms. The van der Waals surface area contributed by atoms with Crippen molar-refractivity contribution in [2.24, 2.45) is 0 Å². The maximum Gasteiger partial charge on any atom is 0.433 e. The summed E-state index contributed by atoms with van der Waals surface area (Å²) in [5.41, 5.74) is 1.86. The summed E-state index contributed by atoms with van der Waals surface area (Å²) in [6.07, 6.45) is 7.38. The quantitative estimate of drug-likeness (QED) is 0.422. The van der Waals surface area contributed by atoms with Crippen molar-refractivity contribution < 1.29 is 14.3 Å². The van der Waals surface area contributed by atoms with E-state index in [1.54, 1.807) is 18.3 Å². The van der Waals surface area contributed by atoms with E-state index in [2.05, 4.69) is 19.4 Å². The number of fused-ring (bicyclic) bond motifs is 3. The molecule has 9 heteroatoms. The topological polar surface area (TPSA) is 111 Å². The SMILES string of the molecule is O=c1ccn(C2CCN(Cc3ccc([N+](=O)[O-])o3)CC2)c2c1c[nH+]c1[nH]ccc12. The van der Waals surface area contributed by atoms with Crippen molar-refractivity contribution in [3.63, 3.8) is 0 Å². The zero-order valence-electron chi connectivity index (χ0n) is 15.6. The summed E-state index contributed by atoms with van der Waals surface area (Å²) < 4.78 is 7.50. The maximum absolute atomic E-state index is 12.4. The van der Waals surface area contributed by atoms with Gasteiger partial charge in [0.15, 0.2) is 5.43 Å². The number of hydrogen-bond acceptors (Lipinski definition) is 5. The number of rotatable bonds is 4. The molecule has 0 radical (unpaired) electrons. The number of nitro groups is 1. The van der Waals surface area contributed by atoms with Gasteiger partial charge in [0.05, 0.1) is 35.1 Å². The fraction of sp³-hybridized carbons (Fsp3) is 0.300. The molecule has 9 nitrogen and oxygen atoms in total. The summed E-state index contributed by atoms with van der Waals surface area (Å²) in [5.74, 6) is 0.385. The van der Waals surface area contributed by atoms with Crippen LogP contribution < -0.4 is 10.4 Å². The van der Waals surface area contributed by atoms with Gasteiger partial charge >= 0.3 is 5.88 Å². The van der Waals surface area contributed by atoms with Gasteiger partial charge in [0.25, 0.3) is 5.65 Å². The molecule has 5 rings (SSSR count). The van der Waals surface area contributed by atoms with Gasteiger partial charge in [-0.25, -0.2) is 9.97 Å². The van der Waals surface area contributed by atoms with Gasteiger partial charge in [-0.15, -0.1) is 0 Å². The first kappa shape index (κ1) is 17.6. The highest BCUT2D eigenvalue weighted by molar-refractivity contribution is 6.00. The second-order valence-corrected chi connectivity index (χ2v) is 7.41. The summed E-state index contributed by atoms with van der Waals surface area (Å²) in [6, 6.07) is 6.96. The summed E-state index contributed by atoms with van der Waals surface area (Å²) in [7, 11) is 0. The number of likely N-dealkylation sites (tertiary alicyclic amines) is 1. The Morgan fingerprint density at radius 1 is 1.21 bits per heavy atom. The largest absolute Gasteiger partial charge is 0.433 e. The molecule has 1 fully saturated rings. The van der Waals surface area contributed by atoms with Crippen molar-refractivity contribution in [1.29, 1.82) is 0 Å². The van der Waals surface area contributed by atoms with Crippen LogP contribution in [-0.2, 0) is 6.54 Å². The lowest BCUT2D eigenvalue weighted by Gasteiger charge is -2.33. The first-order valence-electron chi connectivity index (χ1n) is 9.58. The number of aromatic amines is 2. The standard InChI is InChI=1S/C20H19N5O4/c26-17-6-10-24(19-15-3-7-21-20(15)22-11-16(17)19)13-4-8-23(9-5-13)12-14-1-2-18(29-14)25(27)28/h1-3,6-7,10-11,13H,4-5,8-9,12H2,(H,21,22)/p+1. The van der Waals surface area contributed by atoms with Gasteiger partial charge < -0.3 is 8.98 Å². The second-order valence-electron chi connectivity index (χ2n) is 7.41. The van der Waals surface area contributed by atoms with E-state index in [-0.39, 0.29) is 17.4 Å². The van der Waals surface area contributed by atoms with E-state index in [4.69, 9.17) is 4.42 Å². The van der Waals surface area contributed by atoms with Crippen molar-refractivity contribution in [1.82, 2.24) is 14.5 Å².